The van der Waals surface area contributed by atoms with Crippen LogP contribution in [0.2, 0.25) is 0 Å². The summed E-state index contributed by atoms with van der Waals surface area (Å²) in [6.45, 7) is 13.8. The van der Waals surface area contributed by atoms with E-state index in [4.69, 9.17) is 21.6 Å². The van der Waals surface area contributed by atoms with Crippen LogP contribution in [0.3, 0.4) is 0 Å². The van der Waals surface area contributed by atoms with Gasteiger partial charge in [0.25, 0.3) is 0 Å². The molecule has 54 heavy (non-hydrogen) atoms. The Balaban J connectivity index is 0.000000176. The molecular weight excluding hydrogens is 659 g/mol. The van der Waals surface area contributed by atoms with Gasteiger partial charge in [-0.05, 0) is 89.7 Å². The number of benzene rings is 7. The monoisotopic (exact) mass is 707 g/mol. The van der Waals surface area contributed by atoms with E-state index in [-0.39, 0.29) is 5.84 Å². The normalized spacial score (nSPS) is 10.4. The number of hydrogen-bond donors (Lipinski definition) is 3. The number of amidine groups is 1. The molecule has 0 spiro atoms. The van der Waals surface area contributed by atoms with Gasteiger partial charge in [-0.3, -0.25) is 5.41 Å². The molecule has 0 saturated carbocycles. The number of nitrogens with one attached hydrogen (secondary N) is 1. The highest BCUT2D eigenvalue weighted by Crippen LogP contribution is 2.34. The second-order valence-corrected chi connectivity index (χ2v) is 12.5. The Morgan fingerprint density at radius 1 is 0.574 bits per heavy atom. The van der Waals surface area contributed by atoms with Crippen molar-refractivity contribution < 1.29 is 4.74 Å². The fraction of sp³-hybridized carbons (Fsp3) is 0.0600. The van der Waals surface area contributed by atoms with Gasteiger partial charge in [-0.2, -0.15) is 0 Å². The van der Waals surface area contributed by atoms with Crippen molar-refractivity contribution in [3.8, 4) is 16.9 Å². The lowest BCUT2D eigenvalue weighted by molar-refractivity contribution is 0.482. The maximum Gasteiger partial charge on any atom is 0.134 e. The van der Waals surface area contributed by atoms with Crippen LogP contribution < -0.4 is 16.2 Å². The molecular formula is C50H49N3O. The van der Waals surface area contributed by atoms with E-state index in [2.05, 4.69) is 119 Å². The zero-order chi connectivity index (χ0) is 38.7. The van der Waals surface area contributed by atoms with E-state index in [1.165, 1.54) is 39.3 Å². The molecule has 4 heteroatoms. The maximum atomic E-state index is 7.01. The van der Waals surface area contributed by atoms with E-state index in [0.717, 1.165) is 39.3 Å². The Kier molecular flexibility index (Phi) is 15.4. The molecule has 0 radical (unpaired) electrons. The van der Waals surface area contributed by atoms with E-state index in [0.29, 0.717) is 0 Å². The van der Waals surface area contributed by atoms with Gasteiger partial charge in [0.15, 0.2) is 0 Å². The minimum atomic E-state index is 0.121. The molecule has 0 aromatic heterocycles. The van der Waals surface area contributed by atoms with Crippen molar-refractivity contribution >= 4 is 33.4 Å². The number of allylic oxidation sites excluding steroid dienone is 3. The number of nitrogens with two attached hydrogens (primary N) is 2. The third-order valence-electron chi connectivity index (χ3n) is 8.46. The van der Waals surface area contributed by atoms with Gasteiger partial charge in [-0.25, -0.2) is 0 Å². The highest BCUT2D eigenvalue weighted by atomic mass is 16.5. The minimum Gasteiger partial charge on any atom is -0.465 e. The largest absolute Gasteiger partial charge is 0.465 e. The SMILES string of the molecule is C=COc1ccc(C)cc1/C(C)=C(/C=C)c1ccc(N)cc1.Cc1ccccc1.N=C(N)c1ccccc1.c1ccc(-c2ccc3ccccc3c2)cc1. The molecule has 0 unspecified atom stereocenters. The Morgan fingerprint density at radius 3 is 1.69 bits per heavy atom. The average molecular weight is 708 g/mol. The number of aryl methyl sites for hydroxylation is 2. The van der Waals surface area contributed by atoms with E-state index >= 15 is 0 Å². The molecule has 0 amide bonds. The van der Waals surface area contributed by atoms with Crippen molar-refractivity contribution in [1.82, 2.24) is 0 Å². The standard InChI is InChI=1S/C20H21NO.C16H12.C7H8N2.C7H8/c1-5-18(16-8-10-17(21)11-9-16)15(4)19-13-14(3)7-12-20(19)22-6-2;1-2-6-13(7-3-1)16-11-10-14-8-4-5-9-15(14)12-16;8-7(9)6-4-2-1-3-5-6;1-7-5-3-2-4-6-7/h5-13H,1-2,21H2,3-4H3;1-12H;1-5H,(H3,8,9);2-6H,1H3/b18-15-;;;. The first-order valence-electron chi connectivity index (χ1n) is 17.7. The summed E-state index contributed by atoms with van der Waals surface area (Å²) in [5.41, 5.74) is 21.8. The molecule has 7 aromatic carbocycles. The number of rotatable bonds is 7. The van der Waals surface area contributed by atoms with Crippen LogP contribution >= 0.6 is 0 Å². The molecule has 0 fully saturated rings. The molecule has 0 aliphatic rings. The van der Waals surface area contributed by atoms with Gasteiger partial charge in [0.05, 0.1) is 6.26 Å². The molecule has 0 heterocycles. The second-order valence-electron chi connectivity index (χ2n) is 12.5. The predicted molar refractivity (Wildman–Crippen MR) is 234 cm³/mol. The first-order valence-corrected chi connectivity index (χ1v) is 17.7. The number of nitrogen functional groups attached to an aromatic ring is 2. The van der Waals surface area contributed by atoms with Gasteiger partial charge in [0, 0.05) is 16.8 Å². The summed E-state index contributed by atoms with van der Waals surface area (Å²) in [5.74, 6) is 0.906. The zero-order valence-corrected chi connectivity index (χ0v) is 31.4. The van der Waals surface area contributed by atoms with Crippen LogP contribution in [0.1, 0.15) is 34.7 Å². The third-order valence-corrected chi connectivity index (χ3v) is 8.46. The lowest BCUT2D eigenvalue weighted by Gasteiger charge is -2.14. The summed E-state index contributed by atoms with van der Waals surface area (Å²) in [6.07, 6.45) is 3.30. The van der Waals surface area contributed by atoms with Crippen LogP contribution in [-0.4, -0.2) is 5.84 Å². The van der Waals surface area contributed by atoms with Crippen molar-refractivity contribution in [3.63, 3.8) is 0 Å². The molecule has 0 saturated heterocycles. The molecule has 0 aliphatic heterocycles. The van der Waals surface area contributed by atoms with E-state index < -0.39 is 0 Å². The van der Waals surface area contributed by atoms with Crippen LogP contribution in [0, 0.1) is 19.3 Å². The molecule has 0 atom stereocenters. The van der Waals surface area contributed by atoms with Crippen LogP contribution in [0.15, 0.2) is 201 Å². The third kappa shape index (κ3) is 12.1. The first kappa shape index (κ1) is 39.9. The molecule has 7 aromatic rings. The van der Waals surface area contributed by atoms with Gasteiger partial charge in [-0.1, -0.05) is 176 Å². The summed E-state index contributed by atoms with van der Waals surface area (Å²) in [7, 11) is 0. The van der Waals surface area contributed by atoms with Gasteiger partial charge in [0.1, 0.15) is 11.6 Å². The second kappa shape index (κ2) is 20.8. The quantitative estimate of drug-likeness (QED) is 0.0385. The molecule has 7 rings (SSSR count). The van der Waals surface area contributed by atoms with Crippen LogP contribution in [0.25, 0.3) is 33.0 Å². The minimum absolute atomic E-state index is 0.121. The number of ether oxygens (including phenoxy) is 1. The summed E-state index contributed by atoms with van der Waals surface area (Å²) in [6, 6.07) is 58.9. The van der Waals surface area contributed by atoms with Crippen molar-refractivity contribution in [2.45, 2.75) is 20.8 Å². The summed E-state index contributed by atoms with van der Waals surface area (Å²) >= 11 is 0. The maximum absolute atomic E-state index is 7.01. The van der Waals surface area contributed by atoms with Crippen LogP contribution in [-0.2, 0) is 0 Å². The Bertz CT molecular complexity index is 2280. The fourth-order valence-corrected chi connectivity index (χ4v) is 5.58. The van der Waals surface area contributed by atoms with Crippen molar-refractivity contribution in [2.24, 2.45) is 5.73 Å². The molecule has 270 valence electrons. The van der Waals surface area contributed by atoms with E-state index in [1.807, 2.05) is 97.1 Å². The lowest BCUT2D eigenvalue weighted by Crippen LogP contribution is -2.10. The highest BCUT2D eigenvalue weighted by molar-refractivity contribution is 5.96. The smallest absolute Gasteiger partial charge is 0.134 e. The number of hydrogen-bond acceptors (Lipinski definition) is 3. The van der Waals surface area contributed by atoms with Crippen molar-refractivity contribution in [3.05, 3.63) is 229 Å². The number of fused-ring (bicyclic) bond motifs is 1. The Morgan fingerprint density at radius 2 is 1.15 bits per heavy atom. The molecule has 0 bridgehead atoms. The fourth-order valence-electron chi connectivity index (χ4n) is 5.58. The van der Waals surface area contributed by atoms with Gasteiger partial charge >= 0.3 is 0 Å². The highest BCUT2D eigenvalue weighted by Gasteiger charge is 2.11. The lowest BCUT2D eigenvalue weighted by atomic mass is 9.94. The molecule has 4 nitrogen and oxygen atoms in total. The van der Waals surface area contributed by atoms with Crippen LogP contribution in [0.4, 0.5) is 5.69 Å². The van der Waals surface area contributed by atoms with Crippen molar-refractivity contribution in [2.75, 3.05) is 5.73 Å². The molecule has 5 N–H and O–H groups in total. The topological polar surface area (TPSA) is 85.1 Å². The Hall–Kier alpha value is -6.91. The number of anilines is 1. The Labute approximate surface area is 320 Å². The predicted octanol–water partition coefficient (Wildman–Crippen LogP) is 12.7. The molecule has 0 aliphatic carbocycles. The zero-order valence-electron chi connectivity index (χ0n) is 31.4. The van der Waals surface area contributed by atoms with E-state index in [9.17, 15) is 0 Å². The van der Waals surface area contributed by atoms with Crippen molar-refractivity contribution in [1.29, 1.82) is 5.41 Å². The van der Waals surface area contributed by atoms with Gasteiger partial charge < -0.3 is 16.2 Å². The van der Waals surface area contributed by atoms with Gasteiger partial charge in [0.2, 0.25) is 0 Å². The summed E-state index contributed by atoms with van der Waals surface area (Å²) < 4.78 is 5.54. The van der Waals surface area contributed by atoms with E-state index in [1.54, 1.807) is 0 Å². The average Bonchev–Trinajstić information content (AvgIpc) is 3.21. The summed E-state index contributed by atoms with van der Waals surface area (Å²) in [5, 5.41) is 9.60. The first-order chi connectivity index (χ1) is 26.2. The van der Waals surface area contributed by atoms with Crippen LogP contribution in [0.5, 0.6) is 5.75 Å². The summed E-state index contributed by atoms with van der Waals surface area (Å²) in [4.78, 5) is 0. The van der Waals surface area contributed by atoms with Gasteiger partial charge in [-0.15, -0.1) is 0 Å².